The van der Waals surface area contributed by atoms with Crippen LogP contribution in [0.3, 0.4) is 0 Å². The van der Waals surface area contributed by atoms with E-state index in [0.717, 1.165) is 16.2 Å². The molecule has 2 fully saturated rings. The summed E-state index contributed by atoms with van der Waals surface area (Å²) in [6.45, 7) is 0. The van der Waals surface area contributed by atoms with Crippen LogP contribution in [0.4, 0.5) is 17.1 Å². The fourth-order valence-electron chi connectivity index (χ4n) is 4.18. The van der Waals surface area contributed by atoms with E-state index in [2.05, 4.69) is 0 Å². The topological polar surface area (TPSA) is 93.0 Å². The van der Waals surface area contributed by atoms with Crippen LogP contribution in [-0.2, 0) is 14.4 Å². The molecule has 8 heteroatoms. The van der Waals surface area contributed by atoms with Crippen LogP contribution in [0.1, 0.15) is 11.6 Å². The van der Waals surface area contributed by atoms with Gasteiger partial charge in [0, 0.05) is 12.1 Å². The molecule has 2 aliphatic rings. The molecule has 31 heavy (non-hydrogen) atoms. The number of fused-ring (bicyclic) bond motifs is 1. The average Bonchev–Trinajstić information content (AvgIpc) is 3.31. The van der Waals surface area contributed by atoms with E-state index in [-0.39, 0.29) is 11.4 Å². The Hall–Kier alpha value is -4.04. The zero-order chi connectivity index (χ0) is 21.5. The van der Waals surface area contributed by atoms with Gasteiger partial charge in [0.1, 0.15) is 5.92 Å². The molecule has 8 nitrogen and oxygen atoms in total. The highest BCUT2D eigenvalue weighted by Gasteiger charge is 2.60. The van der Waals surface area contributed by atoms with Gasteiger partial charge in [-0.15, -0.1) is 0 Å². The summed E-state index contributed by atoms with van der Waals surface area (Å²) in [5, 5.41) is 12.6. The van der Waals surface area contributed by atoms with Crippen LogP contribution in [0.2, 0.25) is 0 Å². The van der Waals surface area contributed by atoms with Gasteiger partial charge in [-0.05, 0) is 29.8 Å². The molecule has 0 N–H and O–H groups in total. The zero-order valence-corrected chi connectivity index (χ0v) is 16.2. The zero-order valence-electron chi connectivity index (χ0n) is 16.2. The van der Waals surface area contributed by atoms with Gasteiger partial charge in [-0.2, -0.15) is 0 Å². The van der Waals surface area contributed by atoms with E-state index in [1.54, 1.807) is 5.06 Å². The van der Waals surface area contributed by atoms with Crippen LogP contribution < -0.4 is 9.96 Å². The molecule has 0 radical (unpaired) electrons. The minimum Gasteiger partial charge on any atom is -0.273 e. The highest BCUT2D eigenvalue weighted by atomic mass is 16.7. The number of carbonyl (C=O) groups is 2. The number of rotatable bonds is 4. The average molecular weight is 415 g/mol. The first-order chi connectivity index (χ1) is 15.1. The van der Waals surface area contributed by atoms with Crippen molar-refractivity contribution in [2.45, 2.75) is 12.1 Å². The Bertz CT molecular complexity index is 1150. The van der Waals surface area contributed by atoms with Crippen molar-refractivity contribution in [3.8, 4) is 0 Å². The lowest BCUT2D eigenvalue weighted by molar-refractivity contribution is -0.384. The Morgan fingerprint density at radius 3 is 2.00 bits per heavy atom. The van der Waals surface area contributed by atoms with Gasteiger partial charge in [-0.1, -0.05) is 48.5 Å². The molecule has 0 bridgehead atoms. The number of non-ortho nitro benzene ring substituents is 1. The summed E-state index contributed by atoms with van der Waals surface area (Å²) in [4.78, 5) is 44.1. The highest BCUT2D eigenvalue weighted by Crippen LogP contribution is 2.47. The monoisotopic (exact) mass is 415 g/mol. The van der Waals surface area contributed by atoms with E-state index in [0.29, 0.717) is 0 Å². The van der Waals surface area contributed by atoms with Crippen molar-refractivity contribution in [1.29, 1.82) is 0 Å². The quantitative estimate of drug-likeness (QED) is 0.367. The molecule has 2 heterocycles. The summed E-state index contributed by atoms with van der Waals surface area (Å²) >= 11 is 0. The maximum atomic E-state index is 13.4. The molecule has 2 aliphatic heterocycles. The number of imide groups is 1. The lowest BCUT2D eigenvalue weighted by Crippen LogP contribution is -2.37. The van der Waals surface area contributed by atoms with Gasteiger partial charge in [0.25, 0.3) is 11.6 Å². The van der Waals surface area contributed by atoms with Gasteiger partial charge in [0.05, 0.1) is 22.3 Å². The van der Waals surface area contributed by atoms with Crippen molar-refractivity contribution < 1.29 is 19.3 Å². The van der Waals surface area contributed by atoms with Crippen molar-refractivity contribution in [2.75, 3.05) is 9.96 Å². The lowest BCUT2D eigenvalue weighted by Gasteiger charge is -2.28. The molecule has 2 saturated heterocycles. The molecular weight excluding hydrogens is 398 g/mol. The van der Waals surface area contributed by atoms with Gasteiger partial charge in [0.15, 0.2) is 6.10 Å². The fourth-order valence-corrected chi connectivity index (χ4v) is 4.18. The SMILES string of the molecule is O=C1[C@H]2[C@H](ON(c3ccccc3)[C@@H]2c2ccccc2)C(=O)N1c1ccc([N+](=O)[O-])cc1. The predicted octanol–water partition coefficient (Wildman–Crippen LogP) is 3.65. The summed E-state index contributed by atoms with van der Waals surface area (Å²) < 4.78 is 0. The van der Waals surface area contributed by atoms with Crippen molar-refractivity contribution >= 4 is 28.9 Å². The number of hydrogen-bond donors (Lipinski definition) is 0. The Morgan fingerprint density at radius 1 is 0.774 bits per heavy atom. The number of carbonyl (C=O) groups excluding carboxylic acids is 2. The first-order valence-electron chi connectivity index (χ1n) is 9.74. The number of nitro benzene ring substituents is 1. The Morgan fingerprint density at radius 2 is 1.39 bits per heavy atom. The summed E-state index contributed by atoms with van der Waals surface area (Å²) in [6, 6.07) is 23.6. The number of benzene rings is 3. The Kier molecular flexibility index (Phi) is 4.48. The van der Waals surface area contributed by atoms with E-state index >= 15 is 0 Å². The number of para-hydroxylation sites is 1. The molecule has 154 valence electrons. The molecule has 0 saturated carbocycles. The Balaban J connectivity index is 1.54. The third-order valence-corrected chi connectivity index (χ3v) is 5.59. The molecule has 0 aromatic heterocycles. The summed E-state index contributed by atoms with van der Waals surface area (Å²) in [6.07, 6.45) is -0.979. The summed E-state index contributed by atoms with van der Waals surface area (Å²) in [5.74, 6) is -1.62. The van der Waals surface area contributed by atoms with Crippen molar-refractivity contribution in [3.63, 3.8) is 0 Å². The smallest absolute Gasteiger partial charge is 0.269 e. The Labute approximate surface area is 177 Å². The van der Waals surface area contributed by atoms with Crippen molar-refractivity contribution in [1.82, 2.24) is 0 Å². The minimum absolute atomic E-state index is 0.114. The van der Waals surface area contributed by atoms with Crippen LogP contribution in [0.25, 0.3) is 0 Å². The van der Waals surface area contributed by atoms with Crippen LogP contribution in [-0.4, -0.2) is 22.8 Å². The maximum absolute atomic E-state index is 13.4. The second kappa shape index (κ2) is 7.33. The molecular formula is C23H17N3O5. The molecule has 0 unspecified atom stereocenters. The minimum atomic E-state index is -0.979. The normalized spacial score (nSPS) is 22.6. The molecule has 3 aromatic carbocycles. The molecule has 2 amide bonds. The van der Waals surface area contributed by atoms with Crippen LogP contribution in [0.15, 0.2) is 84.9 Å². The number of nitrogens with zero attached hydrogens (tertiary/aromatic N) is 3. The van der Waals surface area contributed by atoms with E-state index in [1.807, 2.05) is 60.7 Å². The number of anilines is 2. The van der Waals surface area contributed by atoms with Gasteiger partial charge in [-0.25, -0.2) is 9.96 Å². The predicted molar refractivity (Wildman–Crippen MR) is 112 cm³/mol. The first kappa shape index (κ1) is 19.0. The van der Waals surface area contributed by atoms with Crippen molar-refractivity contribution in [3.05, 3.63) is 101 Å². The molecule has 3 atom stereocenters. The third-order valence-electron chi connectivity index (χ3n) is 5.59. The van der Waals surface area contributed by atoms with Gasteiger partial charge in [0.2, 0.25) is 5.91 Å². The van der Waals surface area contributed by atoms with E-state index in [4.69, 9.17) is 4.84 Å². The molecule has 5 rings (SSSR count). The first-order valence-corrected chi connectivity index (χ1v) is 9.74. The van der Waals surface area contributed by atoms with E-state index < -0.39 is 34.8 Å². The second-order valence-electron chi connectivity index (χ2n) is 7.35. The number of amides is 2. The molecule has 0 spiro atoms. The van der Waals surface area contributed by atoms with Gasteiger partial charge in [-0.3, -0.25) is 24.5 Å². The van der Waals surface area contributed by atoms with Crippen LogP contribution >= 0.6 is 0 Å². The number of hydrogen-bond acceptors (Lipinski definition) is 6. The van der Waals surface area contributed by atoms with Crippen LogP contribution in [0.5, 0.6) is 0 Å². The lowest BCUT2D eigenvalue weighted by atomic mass is 9.90. The largest absolute Gasteiger partial charge is 0.273 e. The van der Waals surface area contributed by atoms with E-state index in [1.165, 1.54) is 24.3 Å². The standard InChI is InChI=1S/C23H17N3O5/c27-22-19-20(15-7-3-1-4-8-15)25(17-9-5-2-6-10-17)31-21(19)23(28)24(22)16-11-13-18(14-12-16)26(29)30/h1-14,19-21H/t19-,20-,21+/m1/s1. The summed E-state index contributed by atoms with van der Waals surface area (Å²) in [5.41, 5.74) is 1.77. The summed E-state index contributed by atoms with van der Waals surface area (Å²) in [7, 11) is 0. The maximum Gasteiger partial charge on any atom is 0.269 e. The third kappa shape index (κ3) is 3.04. The second-order valence-corrected chi connectivity index (χ2v) is 7.35. The molecule has 3 aromatic rings. The van der Waals surface area contributed by atoms with E-state index in [9.17, 15) is 19.7 Å². The van der Waals surface area contributed by atoms with Crippen molar-refractivity contribution in [2.24, 2.45) is 5.92 Å². The van der Waals surface area contributed by atoms with Gasteiger partial charge < -0.3 is 0 Å². The fraction of sp³-hybridized carbons (Fsp3) is 0.130. The highest BCUT2D eigenvalue weighted by molar-refractivity contribution is 6.23. The van der Waals surface area contributed by atoms with Crippen LogP contribution in [0, 0.1) is 16.0 Å². The number of nitro groups is 1. The number of hydroxylamine groups is 1. The molecule has 0 aliphatic carbocycles. The van der Waals surface area contributed by atoms with Gasteiger partial charge >= 0.3 is 0 Å².